The Morgan fingerprint density at radius 1 is 1.25 bits per heavy atom. The largest absolute Gasteiger partial charge is 0.272 e. The smallest absolute Gasteiger partial charge is 0.271 e. The lowest BCUT2D eigenvalue weighted by Crippen LogP contribution is -2.43. The predicted molar refractivity (Wildman–Crippen MR) is 59.8 cm³/mol. The molecule has 0 bridgehead atoms. The van der Waals surface area contributed by atoms with Crippen molar-refractivity contribution in [1.82, 2.24) is 31.1 Å². The Morgan fingerprint density at radius 2 is 2.05 bits per heavy atom. The number of halogens is 2. The summed E-state index contributed by atoms with van der Waals surface area (Å²) in [6, 6.07) is 2.41. The average molecular weight is 282 g/mol. The fourth-order valence-electron chi connectivity index (χ4n) is 1.30. The van der Waals surface area contributed by atoms with Gasteiger partial charge >= 0.3 is 0 Å². The van der Waals surface area contributed by atoms with E-state index in [9.17, 15) is 18.4 Å². The van der Waals surface area contributed by atoms with Crippen LogP contribution in [-0.2, 0) is 11.3 Å². The highest BCUT2D eigenvalue weighted by Crippen LogP contribution is 2.08. The van der Waals surface area contributed by atoms with E-state index in [0.29, 0.717) is 0 Å². The number of nitrogens with zero attached hydrogens (tertiary/aromatic N) is 4. The summed E-state index contributed by atoms with van der Waals surface area (Å²) in [6.07, 6.45) is 1.20. The number of benzene rings is 1. The second-order valence-corrected chi connectivity index (χ2v) is 3.63. The van der Waals surface area contributed by atoms with Crippen molar-refractivity contribution in [3.63, 3.8) is 0 Å². The number of carbonyl (C=O) groups excluding carboxylic acids is 2. The normalized spacial score (nSPS) is 10.1. The molecule has 0 aliphatic rings. The molecule has 104 valence electrons. The van der Waals surface area contributed by atoms with E-state index in [4.69, 9.17) is 0 Å². The fourth-order valence-corrected chi connectivity index (χ4v) is 1.30. The van der Waals surface area contributed by atoms with E-state index in [0.717, 1.165) is 22.9 Å². The number of hydrogen-bond acceptors (Lipinski definition) is 5. The Bertz CT molecular complexity index is 631. The van der Waals surface area contributed by atoms with Crippen molar-refractivity contribution in [3.05, 3.63) is 41.7 Å². The maximum absolute atomic E-state index is 13.3. The van der Waals surface area contributed by atoms with Gasteiger partial charge in [0.15, 0.2) is 0 Å². The molecule has 2 amide bonds. The zero-order valence-electron chi connectivity index (χ0n) is 9.88. The first-order valence-corrected chi connectivity index (χ1v) is 5.31. The van der Waals surface area contributed by atoms with Gasteiger partial charge in [-0.15, -0.1) is 5.10 Å². The second-order valence-electron chi connectivity index (χ2n) is 3.63. The first kappa shape index (κ1) is 13.5. The maximum atomic E-state index is 13.3. The first-order chi connectivity index (χ1) is 9.56. The van der Waals surface area contributed by atoms with Gasteiger partial charge in [0.25, 0.3) is 11.8 Å². The highest BCUT2D eigenvalue weighted by atomic mass is 19.1. The van der Waals surface area contributed by atoms with Crippen molar-refractivity contribution in [2.75, 3.05) is 0 Å². The molecule has 0 radical (unpaired) electrons. The van der Waals surface area contributed by atoms with Crippen LogP contribution < -0.4 is 10.9 Å². The van der Waals surface area contributed by atoms with Crippen molar-refractivity contribution in [3.8, 4) is 0 Å². The number of tetrazole rings is 1. The molecule has 2 aromatic rings. The van der Waals surface area contributed by atoms with Crippen molar-refractivity contribution in [1.29, 1.82) is 0 Å². The minimum absolute atomic E-state index is 0.237. The van der Waals surface area contributed by atoms with E-state index in [1.807, 2.05) is 10.9 Å². The molecular formula is C10H8F2N6O2. The van der Waals surface area contributed by atoms with E-state index in [1.165, 1.54) is 6.33 Å². The third kappa shape index (κ3) is 3.31. The topological polar surface area (TPSA) is 102 Å². The standard InChI is InChI=1S/C10H8F2N6O2/c11-6-1-2-8(12)7(3-6)10(20)15-14-9(19)4-18-5-13-16-17-18/h1-3,5H,4H2,(H,14,19)(H,15,20). The summed E-state index contributed by atoms with van der Waals surface area (Å²) in [5.41, 5.74) is 3.45. The lowest BCUT2D eigenvalue weighted by molar-refractivity contribution is -0.122. The lowest BCUT2D eigenvalue weighted by Gasteiger charge is -2.07. The minimum Gasteiger partial charge on any atom is -0.271 e. The summed E-state index contributed by atoms with van der Waals surface area (Å²) in [5, 5.41) is 10.1. The molecule has 20 heavy (non-hydrogen) atoms. The number of carbonyl (C=O) groups is 2. The third-order valence-corrected chi connectivity index (χ3v) is 2.19. The van der Waals surface area contributed by atoms with Crippen molar-refractivity contribution in [2.45, 2.75) is 6.54 Å². The predicted octanol–water partition coefficient (Wildman–Crippen LogP) is -0.587. The summed E-state index contributed by atoms with van der Waals surface area (Å²) >= 11 is 0. The van der Waals surface area contributed by atoms with Crippen LogP contribution in [0, 0.1) is 11.6 Å². The molecule has 2 N–H and O–H groups in total. The Hall–Kier alpha value is -2.91. The number of hydrogen-bond donors (Lipinski definition) is 2. The first-order valence-electron chi connectivity index (χ1n) is 5.31. The summed E-state index contributed by atoms with van der Waals surface area (Å²) in [5.74, 6) is -3.29. The van der Waals surface area contributed by atoms with Crippen LogP contribution in [0.3, 0.4) is 0 Å². The highest BCUT2D eigenvalue weighted by molar-refractivity contribution is 5.95. The molecule has 0 aliphatic heterocycles. The Morgan fingerprint density at radius 3 is 2.75 bits per heavy atom. The number of amides is 2. The van der Waals surface area contributed by atoms with E-state index in [1.54, 1.807) is 0 Å². The molecule has 0 unspecified atom stereocenters. The molecule has 0 saturated carbocycles. The zero-order valence-corrected chi connectivity index (χ0v) is 9.88. The van der Waals surface area contributed by atoms with Crippen molar-refractivity contribution in [2.24, 2.45) is 0 Å². The molecule has 1 aromatic heterocycles. The van der Waals surface area contributed by atoms with Crippen LogP contribution in [-0.4, -0.2) is 32.0 Å². The number of hydrazine groups is 1. The lowest BCUT2D eigenvalue weighted by atomic mass is 10.2. The molecule has 0 atom stereocenters. The quantitative estimate of drug-likeness (QED) is 0.733. The van der Waals surface area contributed by atoms with Gasteiger partial charge in [-0.05, 0) is 28.6 Å². The van der Waals surface area contributed by atoms with E-state index in [2.05, 4.69) is 15.5 Å². The van der Waals surface area contributed by atoms with E-state index in [-0.39, 0.29) is 6.54 Å². The minimum atomic E-state index is -0.980. The van der Waals surface area contributed by atoms with Crippen molar-refractivity contribution >= 4 is 11.8 Å². The molecule has 1 heterocycles. The number of nitrogens with one attached hydrogen (secondary N) is 2. The van der Waals surface area contributed by atoms with Crippen LogP contribution in [0.2, 0.25) is 0 Å². The van der Waals surface area contributed by atoms with E-state index < -0.39 is 29.0 Å². The van der Waals surface area contributed by atoms with Crippen LogP contribution in [0.4, 0.5) is 8.78 Å². The summed E-state index contributed by atoms with van der Waals surface area (Å²) in [4.78, 5) is 22.9. The van der Waals surface area contributed by atoms with Gasteiger partial charge in [-0.25, -0.2) is 13.5 Å². The van der Waals surface area contributed by atoms with Gasteiger partial charge in [0, 0.05) is 0 Å². The van der Waals surface area contributed by atoms with Gasteiger partial charge in [-0.2, -0.15) is 0 Å². The Kier molecular flexibility index (Phi) is 3.93. The van der Waals surface area contributed by atoms with Crippen molar-refractivity contribution < 1.29 is 18.4 Å². The van der Waals surface area contributed by atoms with Crippen LogP contribution in [0.1, 0.15) is 10.4 Å². The Labute approximate surface area is 110 Å². The molecule has 0 saturated heterocycles. The molecule has 2 rings (SSSR count). The molecule has 0 spiro atoms. The van der Waals surface area contributed by atoms with Crippen LogP contribution >= 0.6 is 0 Å². The van der Waals surface area contributed by atoms with Gasteiger partial charge < -0.3 is 0 Å². The zero-order chi connectivity index (χ0) is 14.5. The maximum Gasteiger partial charge on any atom is 0.272 e. The van der Waals surface area contributed by atoms with Gasteiger partial charge in [-0.3, -0.25) is 20.4 Å². The monoisotopic (exact) mass is 282 g/mol. The van der Waals surface area contributed by atoms with Crippen LogP contribution in [0.15, 0.2) is 24.5 Å². The Balaban J connectivity index is 1.92. The van der Waals surface area contributed by atoms with Gasteiger partial charge in [0.05, 0.1) is 5.56 Å². The molecule has 8 nitrogen and oxygen atoms in total. The summed E-state index contributed by atoms with van der Waals surface area (Å²) < 4.78 is 27.3. The molecule has 0 aliphatic carbocycles. The summed E-state index contributed by atoms with van der Waals surface area (Å²) in [7, 11) is 0. The average Bonchev–Trinajstić information content (AvgIpc) is 2.91. The van der Waals surface area contributed by atoms with Gasteiger partial charge in [0.1, 0.15) is 24.5 Å². The third-order valence-electron chi connectivity index (χ3n) is 2.19. The van der Waals surface area contributed by atoms with Gasteiger partial charge in [-0.1, -0.05) is 0 Å². The number of rotatable bonds is 3. The molecule has 1 aromatic carbocycles. The van der Waals surface area contributed by atoms with Crippen LogP contribution in [0.5, 0.6) is 0 Å². The molecule has 10 heteroatoms. The second kappa shape index (κ2) is 5.82. The number of aromatic nitrogens is 4. The SMILES string of the molecule is O=C(Cn1cnnn1)NNC(=O)c1cc(F)ccc1F. The van der Waals surface area contributed by atoms with Gasteiger partial charge in [0.2, 0.25) is 0 Å². The van der Waals surface area contributed by atoms with E-state index >= 15 is 0 Å². The summed E-state index contributed by atoms with van der Waals surface area (Å²) in [6.45, 7) is -0.237. The molecule has 0 fully saturated rings. The fraction of sp³-hybridized carbons (Fsp3) is 0.100. The highest BCUT2D eigenvalue weighted by Gasteiger charge is 2.13. The van der Waals surface area contributed by atoms with Crippen LogP contribution in [0.25, 0.3) is 0 Å². The molecular weight excluding hydrogens is 274 g/mol.